The third-order valence-electron chi connectivity index (χ3n) is 7.71. The second-order valence-corrected chi connectivity index (χ2v) is 10.7. The average Bonchev–Trinajstić information content (AvgIpc) is 3.36. The molecular weight excluding hydrogens is 502 g/mol. The maximum absolute atomic E-state index is 12.5. The molecule has 0 radical (unpaired) electrons. The summed E-state index contributed by atoms with van der Waals surface area (Å²) in [5.74, 6) is 1.21. The molecular formula is C37H35N3O. The van der Waals surface area contributed by atoms with Crippen LogP contribution in [-0.4, -0.2) is 22.0 Å². The van der Waals surface area contributed by atoms with Gasteiger partial charge in [-0.1, -0.05) is 110 Å². The van der Waals surface area contributed by atoms with Crippen molar-refractivity contribution in [3.05, 3.63) is 138 Å². The predicted molar refractivity (Wildman–Crippen MR) is 169 cm³/mol. The Balaban J connectivity index is 0.993. The van der Waals surface area contributed by atoms with Gasteiger partial charge in [-0.25, -0.2) is 4.98 Å². The molecule has 0 bridgehead atoms. The first-order valence-electron chi connectivity index (χ1n) is 14.6. The number of rotatable bonds is 11. The van der Waals surface area contributed by atoms with Crippen LogP contribution < -0.4 is 5.32 Å². The Morgan fingerprint density at radius 3 is 2.22 bits per heavy atom. The van der Waals surface area contributed by atoms with Crippen LogP contribution in [0.5, 0.6) is 0 Å². The van der Waals surface area contributed by atoms with E-state index in [1.54, 1.807) is 0 Å². The molecule has 1 N–H and O–H groups in total. The van der Waals surface area contributed by atoms with Crippen LogP contribution in [0.3, 0.4) is 0 Å². The van der Waals surface area contributed by atoms with Gasteiger partial charge in [0.25, 0.3) is 0 Å². The number of hydrogen-bond donors (Lipinski definition) is 1. The first-order valence-corrected chi connectivity index (χ1v) is 14.6. The molecule has 0 aliphatic rings. The van der Waals surface area contributed by atoms with E-state index in [2.05, 4.69) is 101 Å². The molecule has 6 rings (SSSR count). The van der Waals surface area contributed by atoms with Crippen LogP contribution in [0.1, 0.15) is 36.2 Å². The molecule has 0 fully saturated rings. The smallest absolute Gasteiger partial charge is 0.224 e. The lowest BCUT2D eigenvalue weighted by Crippen LogP contribution is -2.26. The second-order valence-electron chi connectivity index (χ2n) is 10.7. The molecule has 0 spiro atoms. The molecule has 41 heavy (non-hydrogen) atoms. The van der Waals surface area contributed by atoms with Gasteiger partial charge in [0.05, 0.1) is 17.5 Å². The van der Waals surface area contributed by atoms with E-state index in [9.17, 15) is 4.79 Å². The molecule has 0 saturated carbocycles. The predicted octanol–water partition coefficient (Wildman–Crippen LogP) is 7.98. The quantitative estimate of drug-likeness (QED) is 0.170. The van der Waals surface area contributed by atoms with Gasteiger partial charge in [-0.3, -0.25) is 4.79 Å². The molecule has 4 heteroatoms. The van der Waals surface area contributed by atoms with Crippen LogP contribution in [0.2, 0.25) is 0 Å². The van der Waals surface area contributed by atoms with E-state index < -0.39 is 0 Å². The van der Waals surface area contributed by atoms with E-state index in [1.807, 2.05) is 30.3 Å². The van der Waals surface area contributed by atoms with E-state index in [-0.39, 0.29) is 5.91 Å². The van der Waals surface area contributed by atoms with Crippen LogP contribution >= 0.6 is 0 Å². The topological polar surface area (TPSA) is 46.9 Å². The van der Waals surface area contributed by atoms with Crippen molar-refractivity contribution in [2.75, 3.05) is 6.54 Å². The number of amides is 1. The molecule has 1 heterocycles. The van der Waals surface area contributed by atoms with Crippen LogP contribution in [0.15, 0.2) is 121 Å². The highest BCUT2D eigenvalue weighted by Crippen LogP contribution is 2.22. The van der Waals surface area contributed by atoms with Gasteiger partial charge in [0.1, 0.15) is 5.82 Å². The first-order chi connectivity index (χ1) is 20.2. The maximum atomic E-state index is 12.5. The normalized spacial score (nSPS) is 11.2. The lowest BCUT2D eigenvalue weighted by atomic mass is 10.0. The van der Waals surface area contributed by atoms with Crippen molar-refractivity contribution in [3.8, 4) is 11.1 Å². The Morgan fingerprint density at radius 2 is 1.37 bits per heavy atom. The molecule has 5 aromatic carbocycles. The van der Waals surface area contributed by atoms with Crippen molar-refractivity contribution in [3.63, 3.8) is 0 Å². The molecule has 0 aliphatic heterocycles. The van der Waals surface area contributed by atoms with Gasteiger partial charge in [-0.05, 0) is 64.1 Å². The minimum absolute atomic E-state index is 0.0784. The minimum atomic E-state index is 0.0784. The number of unbranched alkanes of at least 4 members (excludes halogenated alkanes) is 2. The lowest BCUT2D eigenvalue weighted by Gasteiger charge is -2.11. The Labute approximate surface area is 241 Å². The third kappa shape index (κ3) is 6.55. The number of fused-ring (bicyclic) bond motifs is 2. The Bertz CT molecular complexity index is 1750. The molecule has 1 aromatic heterocycles. The van der Waals surface area contributed by atoms with Gasteiger partial charge in [0.2, 0.25) is 5.91 Å². The maximum Gasteiger partial charge on any atom is 0.224 e. The van der Waals surface area contributed by atoms with Gasteiger partial charge in [-0.2, -0.15) is 0 Å². The number of imidazole rings is 1. The van der Waals surface area contributed by atoms with Crippen molar-refractivity contribution >= 4 is 27.7 Å². The molecule has 0 aliphatic carbocycles. The van der Waals surface area contributed by atoms with Crippen molar-refractivity contribution in [1.82, 2.24) is 14.9 Å². The standard InChI is InChI=1S/C37H35N3O/c41-37(26-28-18-21-32(22-19-28)30-11-3-1-4-12-30)38-24-10-2-5-17-36-39-34-15-8-9-16-35(34)40(36)27-29-20-23-31-13-6-7-14-33(31)25-29/h1,3-4,6-9,11-16,18-23,25H,2,5,10,17,24,26-27H2,(H,38,41). The summed E-state index contributed by atoms with van der Waals surface area (Å²) in [6, 6.07) is 42.2. The van der Waals surface area contributed by atoms with Crippen LogP contribution in [0.25, 0.3) is 32.9 Å². The summed E-state index contributed by atoms with van der Waals surface area (Å²) in [4.78, 5) is 17.5. The molecule has 0 saturated heterocycles. The van der Waals surface area contributed by atoms with Crippen LogP contribution in [-0.2, 0) is 24.2 Å². The number of nitrogens with one attached hydrogen (secondary N) is 1. The summed E-state index contributed by atoms with van der Waals surface area (Å²) in [7, 11) is 0. The second kappa shape index (κ2) is 12.6. The van der Waals surface area contributed by atoms with E-state index in [0.29, 0.717) is 13.0 Å². The SMILES string of the molecule is O=C(Cc1ccc(-c2ccccc2)cc1)NCCCCCc1nc2ccccc2n1Cc1ccc2ccccc2c1. The zero-order valence-electron chi connectivity index (χ0n) is 23.3. The van der Waals surface area contributed by atoms with Gasteiger partial charge in [0.15, 0.2) is 0 Å². The lowest BCUT2D eigenvalue weighted by molar-refractivity contribution is -0.120. The largest absolute Gasteiger partial charge is 0.356 e. The van der Waals surface area contributed by atoms with E-state index in [0.717, 1.165) is 49.1 Å². The van der Waals surface area contributed by atoms with Crippen molar-refractivity contribution in [2.45, 2.75) is 38.6 Å². The van der Waals surface area contributed by atoms with Crippen molar-refractivity contribution in [2.24, 2.45) is 0 Å². The Hall–Kier alpha value is -4.70. The van der Waals surface area contributed by atoms with Crippen LogP contribution in [0.4, 0.5) is 0 Å². The monoisotopic (exact) mass is 537 g/mol. The summed E-state index contributed by atoms with van der Waals surface area (Å²) in [5, 5.41) is 5.63. The summed E-state index contributed by atoms with van der Waals surface area (Å²) < 4.78 is 2.37. The number of carbonyl (C=O) groups excluding carboxylic acids is 1. The molecule has 0 unspecified atom stereocenters. The number of benzene rings is 5. The van der Waals surface area contributed by atoms with Crippen molar-refractivity contribution in [1.29, 1.82) is 0 Å². The molecule has 0 atom stereocenters. The highest BCUT2D eigenvalue weighted by atomic mass is 16.1. The van der Waals surface area contributed by atoms with E-state index >= 15 is 0 Å². The number of nitrogens with zero attached hydrogens (tertiary/aromatic N) is 2. The van der Waals surface area contributed by atoms with Crippen LogP contribution in [0, 0.1) is 0 Å². The number of carbonyl (C=O) groups is 1. The van der Waals surface area contributed by atoms with Crippen molar-refractivity contribution < 1.29 is 4.79 Å². The van der Waals surface area contributed by atoms with Gasteiger partial charge in [-0.15, -0.1) is 0 Å². The van der Waals surface area contributed by atoms with E-state index in [4.69, 9.17) is 4.98 Å². The Kier molecular flexibility index (Phi) is 8.18. The number of para-hydroxylation sites is 2. The number of hydrogen-bond acceptors (Lipinski definition) is 2. The fourth-order valence-corrected chi connectivity index (χ4v) is 5.52. The number of aryl methyl sites for hydroxylation is 1. The highest BCUT2D eigenvalue weighted by molar-refractivity contribution is 5.83. The van der Waals surface area contributed by atoms with Gasteiger partial charge < -0.3 is 9.88 Å². The number of aromatic nitrogens is 2. The van der Waals surface area contributed by atoms with Gasteiger partial charge in [0, 0.05) is 19.5 Å². The zero-order valence-corrected chi connectivity index (χ0v) is 23.3. The minimum Gasteiger partial charge on any atom is -0.356 e. The third-order valence-corrected chi connectivity index (χ3v) is 7.71. The molecule has 1 amide bonds. The summed E-state index contributed by atoms with van der Waals surface area (Å²) >= 11 is 0. The summed E-state index contributed by atoms with van der Waals surface area (Å²) in [6.07, 6.45) is 4.38. The molecule has 204 valence electrons. The highest BCUT2D eigenvalue weighted by Gasteiger charge is 2.11. The first kappa shape index (κ1) is 26.5. The van der Waals surface area contributed by atoms with E-state index in [1.165, 1.54) is 33.0 Å². The molecule has 4 nitrogen and oxygen atoms in total. The summed E-state index contributed by atoms with van der Waals surface area (Å²) in [5.41, 5.74) is 6.90. The fraction of sp³-hybridized carbons (Fsp3) is 0.189. The Morgan fingerprint density at radius 1 is 0.659 bits per heavy atom. The van der Waals surface area contributed by atoms with Gasteiger partial charge >= 0.3 is 0 Å². The zero-order chi connectivity index (χ0) is 27.9. The summed E-state index contributed by atoms with van der Waals surface area (Å²) in [6.45, 7) is 1.51. The average molecular weight is 538 g/mol. The molecule has 6 aromatic rings. The fourth-order valence-electron chi connectivity index (χ4n) is 5.52.